The second kappa shape index (κ2) is 11.1. The summed E-state index contributed by atoms with van der Waals surface area (Å²) in [6, 6.07) is 14.1. The van der Waals surface area contributed by atoms with Crippen LogP contribution in [0.3, 0.4) is 0 Å². The van der Waals surface area contributed by atoms with Gasteiger partial charge in [0.2, 0.25) is 11.8 Å². The predicted molar refractivity (Wildman–Crippen MR) is 173 cm³/mol. The van der Waals surface area contributed by atoms with Crippen molar-refractivity contribution in [2.45, 2.75) is 62.4 Å². The third-order valence-corrected chi connectivity index (χ3v) is 11.3. The Labute approximate surface area is 268 Å². The van der Waals surface area contributed by atoms with Crippen LogP contribution in [0.25, 0.3) is 22.0 Å². The minimum absolute atomic E-state index is 0.0795. The standard InChI is InChI=1S/C37H37FN6O2/c1-2-31(45)44-17-16-42(21-25(44)10-13-39)35-28-9-8-27(26-7-3-6-23-18-24-19-29(24)32(23)26)33(38)34(28)41-36(30(35)20-40)46-22-37-11-4-14-43(37)15-5-12-37/h2-3,6-9,24-25,29H,1,4-5,10-12,14-19,21-22H2/t24?,25-,29?/m0/s1. The fourth-order valence-corrected chi connectivity index (χ4v) is 8.98. The summed E-state index contributed by atoms with van der Waals surface area (Å²) in [5.41, 5.74) is 4.93. The smallest absolute Gasteiger partial charge is 0.246 e. The number of rotatable bonds is 7. The zero-order valence-electron chi connectivity index (χ0n) is 26.0. The molecule has 9 heteroatoms. The fourth-order valence-electron chi connectivity index (χ4n) is 8.98. The number of carbonyl (C=O) groups is 1. The highest BCUT2D eigenvalue weighted by Gasteiger charge is 2.47. The first-order chi connectivity index (χ1) is 22.5. The summed E-state index contributed by atoms with van der Waals surface area (Å²) in [5, 5.41) is 20.8. The Morgan fingerprint density at radius 3 is 2.72 bits per heavy atom. The topological polar surface area (TPSA) is 96.5 Å². The summed E-state index contributed by atoms with van der Waals surface area (Å²) in [6.45, 7) is 7.19. The molecule has 3 aliphatic heterocycles. The number of halogens is 1. The van der Waals surface area contributed by atoms with Crippen molar-refractivity contribution in [1.29, 1.82) is 10.5 Å². The van der Waals surface area contributed by atoms with Crippen LogP contribution in [0.1, 0.15) is 61.1 Å². The molecule has 4 fully saturated rings. The molecule has 1 saturated carbocycles. The molecule has 1 amide bonds. The van der Waals surface area contributed by atoms with Gasteiger partial charge in [0, 0.05) is 30.6 Å². The Morgan fingerprint density at radius 2 is 1.96 bits per heavy atom. The van der Waals surface area contributed by atoms with Gasteiger partial charge in [0.25, 0.3) is 0 Å². The van der Waals surface area contributed by atoms with Crippen molar-refractivity contribution in [2.75, 3.05) is 44.2 Å². The molecule has 1 aromatic heterocycles. The van der Waals surface area contributed by atoms with Gasteiger partial charge in [0.1, 0.15) is 23.8 Å². The number of hydrogen-bond acceptors (Lipinski definition) is 7. The summed E-state index contributed by atoms with van der Waals surface area (Å²) in [6.07, 6.45) is 7.90. The lowest BCUT2D eigenvalue weighted by Gasteiger charge is -2.42. The summed E-state index contributed by atoms with van der Waals surface area (Å²) in [4.78, 5) is 23.6. The van der Waals surface area contributed by atoms with E-state index in [0.29, 0.717) is 54.7 Å². The van der Waals surface area contributed by atoms with Crippen LogP contribution >= 0.6 is 0 Å². The molecule has 3 saturated heterocycles. The molecule has 5 aliphatic rings. The number of fused-ring (bicyclic) bond motifs is 5. The third-order valence-electron chi connectivity index (χ3n) is 11.3. The van der Waals surface area contributed by atoms with Gasteiger partial charge in [-0.25, -0.2) is 9.37 Å². The lowest BCUT2D eigenvalue weighted by Crippen LogP contribution is -2.55. The fraction of sp³-hybridized carbons (Fsp3) is 0.459. The third kappa shape index (κ3) is 4.47. The van der Waals surface area contributed by atoms with Gasteiger partial charge in [-0.3, -0.25) is 9.69 Å². The van der Waals surface area contributed by atoms with Crippen LogP contribution in [0.15, 0.2) is 43.0 Å². The second-order valence-corrected chi connectivity index (χ2v) is 13.7. The van der Waals surface area contributed by atoms with Gasteiger partial charge in [0.15, 0.2) is 5.82 Å². The molecule has 8 nitrogen and oxygen atoms in total. The lowest BCUT2D eigenvalue weighted by atomic mass is 9.92. The van der Waals surface area contributed by atoms with Crippen molar-refractivity contribution < 1.29 is 13.9 Å². The first-order valence-electron chi connectivity index (χ1n) is 16.6. The van der Waals surface area contributed by atoms with Crippen molar-refractivity contribution in [1.82, 2.24) is 14.8 Å². The average Bonchev–Trinajstić information content (AvgIpc) is 3.35. The number of aromatic nitrogens is 1. The number of ether oxygens (including phenoxy) is 1. The predicted octanol–water partition coefficient (Wildman–Crippen LogP) is 5.70. The molecule has 0 spiro atoms. The summed E-state index contributed by atoms with van der Waals surface area (Å²) in [7, 11) is 0. The molecule has 4 heterocycles. The Morgan fingerprint density at radius 1 is 1.13 bits per heavy atom. The molecule has 8 rings (SSSR count). The van der Waals surface area contributed by atoms with Gasteiger partial charge in [-0.15, -0.1) is 0 Å². The van der Waals surface area contributed by atoms with Gasteiger partial charge in [-0.1, -0.05) is 30.8 Å². The van der Waals surface area contributed by atoms with E-state index < -0.39 is 11.9 Å². The van der Waals surface area contributed by atoms with Crippen LogP contribution in [0.4, 0.5) is 10.1 Å². The Hall–Kier alpha value is -4.47. The molecule has 0 N–H and O–H groups in total. The minimum atomic E-state index is -0.416. The molecule has 2 unspecified atom stereocenters. The van der Waals surface area contributed by atoms with Gasteiger partial charge < -0.3 is 14.5 Å². The highest BCUT2D eigenvalue weighted by atomic mass is 19.1. The SMILES string of the molecule is C=CC(=O)N1CCN(c2c(C#N)c(OCC34CCCN3CCC4)nc3c(F)c(-c4cccc5c4C4CC4C5)ccc23)C[C@@H]1CC#N. The number of anilines is 1. The molecule has 0 radical (unpaired) electrons. The highest BCUT2D eigenvalue weighted by molar-refractivity contribution is 5.99. The van der Waals surface area contributed by atoms with Crippen molar-refractivity contribution in [3.8, 4) is 29.1 Å². The van der Waals surface area contributed by atoms with E-state index in [1.807, 2.05) is 29.2 Å². The summed E-state index contributed by atoms with van der Waals surface area (Å²) < 4.78 is 23.5. The summed E-state index contributed by atoms with van der Waals surface area (Å²) >= 11 is 0. The molecule has 3 aromatic rings. The van der Waals surface area contributed by atoms with Gasteiger partial charge in [0.05, 0.1) is 29.8 Å². The van der Waals surface area contributed by atoms with Crippen LogP contribution in [0.5, 0.6) is 5.88 Å². The lowest BCUT2D eigenvalue weighted by molar-refractivity contribution is -0.128. The van der Waals surface area contributed by atoms with E-state index in [1.54, 1.807) is 4.90 Å². The van der Waals surface area contributed by atoms with Crippen LogP contribution in [-0.4, -0.2) is 71.6 Å². The normalized spacial score (nSPS) is 24.2. The Bertz CT molecular complexity index is 1850. The highest BCUT2D eigenvalue weighted by Crippen LogP contribution is 2.59. The van der Waals surface area contributed by atoms with Crippen LogP contribution in [-0.2, 0) is 11.2 Å². The largest absolute Gasteiger partial charge is 0.475 e. The van der Waals surface area contributed by atoms with Crippen LogP contribution in [0.2, 0.25) is 0 Å². The maximum Gasteiger partial charge on any atom is 0.246 e. The van der Waals surface area contributed by atoms with Crippen LogP contribution in [0, 0.1) is 34.4 Å². The zero-order chi connectivity index (χ0) is 31.6. The first-order valence-corrected chi connectivity index (χ1v) is 16.6. The molecule has 2 aromatic carbocycles. The van der Waals surface area contributed by atoms with Crippen molar-refractivity contribution >= 4 is 22.5 Å². The van der Waals surface area contributed by atoms with Gasteiger partial charge in [-0.2, -0.15) is 10.5 Å². The van der Waals surface area contributed by atoms with Gasteiger partial charge in [-0.05, 0) is 92.3 Å². The molecular weight excluding hydrogens is 579 g/mol. The molecule has 2 aliphatic carbocycles. The summed E-state index contributed by atoms with van der Waals surface area (Å²) in [5.74, 6) is 0.666. The average molecular weight is 617 g/mol. The minimum Gasteiger partial charge on any atom is -0.475 e. The zero-order valence-corrected chi connectivity index (χ0v) is 26.0. The van der Waals surface area contributed by atoms with E-state index >= 15 is 4.39 Å². The monoisotopic (exact) mass is 616 g/mol. The Balaban J connectivity index is 1.26. The van der Waals surface area contributed by atoms with E-state index in [-0.39, 0.29) is 34.8 Å². The maximum absolute atomic E-state index is 17.0. The molecule has 3 atom stereocenters. The number of piperazine rings is 1. The van der Waals surface area contributed by atoms with E-state index in [4.69, 9.17) is 9.72 Å². The first kappa shape index (κ1) is 29.0. The number of benzene rings is 2. The quantitative estimate of drug-likeness (QED) is 0.315. The van der Waals surface area contributed by atoms with Crippen molar-refractivity contribution in [3.63, 3.8) is 0 Å². The van der Waals surface area contributed by atoms with E-state index in [1.165, 1.54) is 17.2 Å². The number of amides is 1. The van der Waals surface area contributed by atoms with E-state index in [0.717, 1.165) is 57.2 Å². The van der Waals surface area contributed by atoms with Crippen molar-refractivity contribution in [2.24, 2.45) is 5.92 Å². The molecule has 0 bridgehead atoms. The van der Waals surface area contributed by atoms with Crippen molar-refractivity contribution in [3.05, 3.63) is 65.5 Å². The van der Waals surface area contributed by atoms with E-state index in [9.17, 15) is 15.3 Å². The molecule has 46 heavy (non-hydrogen) atoms. The Kier molecular flexibility index (Phi) is 6.99. The van der Waals surface area contributed by atoms with E-state index in [2.05, 4.69) is 29.7 Å². The number of nitrogens with zero attached hydrogens (tertiary/aromatic N) is 6. The number of carbonyl (C=O) groups excluding carboxylic acids is 1. The molecular formula is C37H37FN6O2. The van der Waals surface area contributed by atoms with Gasteiger partial charge >= 0.3 is 0 Å². The van der Waals surface area contributed by atoms with Crippen LogP contribution < -0.4 is 9.64 Å². The second-order valence-electron chi connectivity index (χ2n) is 13.7. The maximum atomic E-state index is 17.0. The number of nitriles is 2. The number of pyridine rings is 1. The number of hydrogen-bond donors (Lipinski definition) is 0. The molecule has 234 valence electrons.